The van der Waals surface area contributed by atoms with Gasteiger partial charge in [-0.2, -0.15) is 11.3 Å². The second-order valence-electron chi connectivity index (χ2n) is 3.01. The lowest BCUT2D eigenvalue weighted by atomic mass is 10.3. The maximum atomic E-state index is 10.8. The van der Waals surface area contributed by atoms with E-state index in [-0.39, 0.29) is 0 Å². The number of amides is 1. The van der Waals surface area contributed by atoms with Crippen LogP contribution < -0.4 is 0 Å². The predicted molar refractivity (Wildman–Crippen MR) is 62.4 cm³/mol. The fourth-order valence-corrected chi connectivity index (χ4v) is 3.33. The van der Waals surface area contributed by atoms with Crippen LogP contribution >= 0.6 is 34.3 Å². The molecule has 0 aromatic carbocycles. The summed E-state index contributed by atoms with van der Waals surface area (Å²) in [7, 11) is 1.70. The molecule has 0 bridgehead atoms. The topological polar surface area (TPSA) is 20.3 Å². The zero-order valence-electron chi connectivity index (χ0n) is 7.49. The monoisotopic (exact) mass is 245 g/mol. The minimum absolute atomic E-state index is 0.416. The number of carbonyl (C=O) groups excluding carboxylic acids is 1. The van der Waals surface area contributed by atoms with Crippen molar-refractivity contribution in [3.8, 4) is 0 Å². The molecule has 0 aliphatic heterocycles. The minimum Gasteiger partial charge on any atom is -0.327 e. The molecule has 0 N–H and O–H groups in total. The van der Waals surface area contributed by atoms with Crippen molar-refractivity contribution in [3.63, 3.8) is 0 Å². The summed E-state index contributed by atoms with van der Waals surface area (Å²) in [6.45, 7) is 0.590. The third-order valence-corrected chi connectivity index (χ3v) is 4.19. The average molecular weight is 246 g/mol. The Kier molecular flexibility index (Phi) is 2.76. The van der Waals surface area contributed by atoms with Crippen molar-refractivity contribution in [3.05, 3.63) is 21.7 Å². The fraction of sp³-hybridized carbons (Fsp3) is 0.222. The first-order valence-corrected chi connectivity index (χ1v) is 6.16. The van der Waals surface area contributed by atoms with E-state index in [4.69, 9.17) is 11.6 Å². The highest BCUT2D eigenvalue weighted by Crippen LogP contribution is 2.29. The number of carbonyl (C=O) groups is 1. The molecule has 0 unspecified atom stereocenters. The lowest BCUT2D eigenvalue weighted by Crippen LogP contribution is -2.19. The van der Waals surface area contributed by atoms with Gasteiger partial charge in [-0.05, 0) is 23.0 Å². The van der Waals surface area contributed by atoms with Crippen LogP contribution in [0.15, 0.2) is 16.8 Å². The molecule has 0 atom stereocenters. The number of halogens is 1. The molecular weight excluding hydrogens is 238 g/mol. The Balaban J connectivity index is 2.19. The van der Waals surface area contributed by atoms with Crippen LogP contribution in [-0.2, 0) is 6.54 Å². The lowest BCUT2D eigenvalue weighted by Gasteiger charge is -2.10. The number of hydrogen-bond acceptors (Lipinski definition) is 3. The first-order chi connectivity index (χ1) is 6.66. The van der Waals surface area contributed by atoms with Crippen LogP contribution in [0.4, 0.5) is 4.79 Å². The highest BCUT2D eigenvalue weighted by atomic mass is 35.5. The second kappa shape index (κ2) is 3.88. The van der Waals surface area contributed by atoms with E-state index >= 15 is 0 Å². The van der Waals surface area contributed by atoms with Crippen LogP contribution in [0, 0.1) is 0 Å². The standard InChI is InChI=1S/C9H8ClNOS2/c1-11(9(10)12)3-7-2-6-4-13-5-8(6)14-7/h2,4-5H,3H2,1H3. The quantitative estimate of drug-likeness (QED) is 0.583. The van der Waals surface area contributed by atoms with Gasteiger partial charge in [-0.3, -0.25) is 4.79 Å². The van der Waals surface area contributed by atoms with Gasteiger partial charge in [0, 0.05) is 27.4 Å². The molecule has 2 aromatic rings. The largest absolute Gasteiger partial charge is 0.327 e. The number of fused-ring (bicyclic) bond motifs is 1. The van der Waals surface area contributed by atoms with Crippen molar-refractivity contribution in [2.45, 2.75) is 6.54 Å². The van der Waals surface area contributed by atoms with Crippen molar-refractivity contribution in [2.24, 2.45) is 0 Å². The molecule has 0 saturated carbocycles. The average Bonchev–Trinajstić information content (AvgIpc) is 2.63. The molecule has 1 amide bonds. The van der Waals surface area contributed by atoms with Crippen molar-refractivity contribution in [2.75, 3.05) is 7.05 Å². The molecule has 2 heterocycles. The molecule has 0 saturated heterocycles. The smallest absolute Gasteiger partial charge is 0.316 e. The molecule has 2 nitrogen and oxygen atoms in total. The van der Waals surface area contributed by atoms with Crippen LogP contribution in [0.1, 0.15) is 4.88 Å². The first-order valence-electron chi connectivity index (χ1n) is 4.02. The van der Waals surface area contributed by atoms with E-state index in [9.17, 15) is 4.79 Å². The van der Waals surface area contributed by atoms with Crippen LogP contribution in [0.25, 0.3) is 10.1 Å². The van der Waals surface area contributed by atoms with E-state index in [0.717, 1.165) is 0 Å². The molecule has 2 aromatic heterocycles. The molecule has 0 aliphatic rings. The highest BCUT2D eigenvalue weighted by Gasteiger charge is 2.08. The molecule has 0 spiro atoms. The number of nitrogens with zero attached hydrogens (tertiary/aromatic N) is 1. The van der Waals surface area contributed by atoms with Gasteiger partial charge in [-0.15, -0.1) is 11.3 Å². The molecule has 14 heavy (non-hydrogen) atoms. The normalized spacial score (nSPS) is 10.7. The van der Waals surface area contributed by atoms with Gasteiger partial charge in [0.25, 0.3) is 0 Å². The predicted octanol–water partition coefficient (Wildman–Crippen LogP) is 3.75. The Morgan fingerprint density at radius 3 is 3.00 bits per heavy atom. The van der Waals surface area contributed by atoms with Crippen LogP contribution in [0.2, 0.25) is 0 Å². The van der Waals surface area contributed by atoms with E-state index < -0.39 is 5.37 Å². The molecule has 74 valence electrons. The van der Waals surface area contributed by atoms with E-state index in [0.29, 0.717) is 6.54 Å². The van der Waals surface area contributed by atoms with Gasteiger partial charge in [0.2, 0.25) is 0 Å². The highest BCUT2D eigenvalue weighted by molar-refractivity contribution is 7.22. The summed E-state index contributed by atoms with van der Waals surface area (Å²) in [6, 6.07) is 2.10. The van der Waals surface area contributed by atoms with Gasteiger partial charge < -0.3 is 4.90 Å². The second-order valence-corrected chi connectivity index (χ2v) is 5.25. The van der Waals surface area contributed by atoms with E-state index in [1.807, 2.05) is 0 Å². The van der Waals surface area contributed by atoms with E-state index in [1.165, 1.54) is 19.9 Å². The molecule has 0 fully saturated rings. The summed E-state index contributed by atoms with van der Waals surface area (Å²) in [5.74, 6) is 0. The van der Waals surface area contributed by atoms with Gasteiger partial charge in [-0.25, -0.2) is 0 Å². The Bertz CT molecular complexity index is 434. The Morgan fingerprint density at radius 1 is 1.57 bits per heavy atom. The van der Waals surface area contributed by atoms with E-state index in [2.05, 4.69) is 16.8 Å². The summed E-state index contributed by atoms with van der Waals surface area (Å²) in [5.41, 5.74) is 0. The molecule has 2 rings (SSSR count). The zero-order chi connectivity index (χ0) is 10.1. The third-order valence-electron chi connectivity index (χ3n) is 1.91. The summed E-state index contributed by atoms with van der Waals surface area (Å²) in [5, 5.41) is 5.07. The zero-order valence-corrected chi connectivity index (χ0v) is 9.88. The van der Waals surface area contributed by atoms with Gasteiger partial charge >= 0.3 is 5.37 Å². The van der Waals surface area contributed by atoms with Crippen LogP contribution in [0.5, 0.6) is 0 Å². The van der Waals surface area contributed by atoms with E-state index in [1.54, 1.807) is 29.7 Å². The Morgan fingerprint density at radius 2 is 2.36 bits per heavy atom. The Hall–Kier alpha value is -0.580. The van der Waals surface area contributed by atoms with Gasteiger partial charge in [-0.1, -0.05) is 0 Å². The maximum Gasteiger partial charge on any atom is 0.316 e. The van der Waals surface area contributed by atoms with Crippen LogP contribution in [-0.4, -0.2) is 17.3 Å². The number of rotatable bonds is 2. The van der Waals surface area contributed by atoms with Gasteiger partial charge in [0.05, 0.1) is 6.54 Å². The van der Waals surface area contributed by atoms with Crippen molar-refractivity contribution in [1.29, 1.82) is 0 Å². The van der Waals surface area contributed by atoms with Crippen LogP contribution in [0.3, 0.4) is 0 Å². The first kappa shape index (κ1) is 9.96. The summed E-state index contributed by atoms with van der Waals surface area (Å²) in [6.07, 6.45) is 0. The summed E-state index contributed by atoms with van der Waals surface area (Å²) >= 11 is 8.75. The number of hydrogen-bond donors (Lipinski definition) is 0. The molecule has 5 heteroatoms. The van der Waals surface area contributed by atoms with Crippen molar-refractivity contribution in [1.82, 2.24) is 4.90 Å². The molecular formula is C9H8ClNOS2. The molecule has 0 radical (unpaired) electrons. The van der Waals surface area contributed by atoms with Crippen molar-refractivity contribution < 1.29 is 4.79 Å². The Labute approximate surface area is 94.7 Å². The SMILES string of the molecule is CN(Cc1cc2cscc2s1)C(=O)Cl. The summed E-state index contributed by atoms with van der Waals surface area (Å²) in [4.78, 5) is 13.5. The number of thiophene rings is 2. The molecule has 0 aliphatic carbocycles. The van der Waals surface area contributed by atoms with Gasteiger partial charge in [0.15, 0.2) is 0 Å². The van der Waals surface area contributed by atoms with Crippen molar-refractivity contribution >= 4 is 49.7 Å². The minimum atomic E-state index is -0.416. The summed E-state index contributed by atoms with van der Waals surface area (Å²) < 4.78 is 1.28. The van der Waals surface area contributed by atoms with Gasteiger partial charge in [0.1, 0.15) is 0 Å². The maximum absolute atomic E-state index is 10.8. The lowest BCUT2D eigenvalue weighted by molar-refractivity contribution is 0.231. The third kappa shape index (κ3) is 1.92. The fourth-order valence-electron chi connectivity index (χ4n) is 1.20.